The van der Waals surface area contributed by atoms with E-state index in [2.05, 4.69) is 0 Å². The Morgan fingerprint density at radius 3 is 2.64 bits per heavy atom. The summed E-state index contributed by atoms with van der Waals surface area (Å²) in [6, 6.07) is 16.2. The number of amides is 1. The third-order valence-electron chi connectivity index (χ3n) is 2.87. The smallest absolute Gasteiger partial charge is 0.259 e. The van der Waals surface area contributed by atoms with E-state index in [-0.39, 0.29) is 5.57 Å². The van der Waals surface area contributed by atoms with Gasteiger partial charge in [0.2, 0.25) is 0 Å². The largest absolute Gasteiger partial charge is 0.489 e. The van der Waals surface area contributed by atoms with E-state index in [0.29, 0.717) is 22.9 Å². The Bertz CT molecular complexity index is 746. The molecule has 2 aromatic carbocycles. The van der Waals surface area contributed by atoms with E-state index in [0.717, 1.165) is 5.56 Å². The van der Waals surface area contributed by atoms with Crippen LogP contribution < -0.4 is 10.5 Å². The number of carbonyl (C=O) groups is 1. The normalized spacial score (nSPS) is 10.8. The van der Waals surface area contributed by atoms with Crippen molar-refractivity contribution in [1.82, 2.24) is 0 Å². The number of benzene rings is 2. The summed E-state index contributed by atoms with van der Waals surface area (Å²) in [4.78, 5) is 11.0. The molecule has 0 aliphatic carbocycles. The van der Waals surface area contributed by atoms with Gasteiger partial charge >= 0.3 is 0 Å². The minimum Gasteiger partial charge on any atom is -0.489 e. The molecule has 110 valence electrons. The predicted molar refractivity (Wildman–Crippen MR) is 85.0 cm³/mol. The first-order chi connectivity index (χ1) is 10.6. The first-order valence-corrected chi connectivity index (χ1v) is 6.85. The van der Waals surface area contributed by atoms with Crippen LogP contribution >= 0.6 is 11.6 Å². The highest BCUT2D eigenvalue weighted by molar-refractivity contribution is 6.30. The van der Waals surface area contributed by atoms with Crippen molar-refractivity contribution in [2.24, 2.45) is 5.73 Å². The topological polar surface area (TPSA) is 76.1 Å². The van der Waals surface area contributed by atoms with E-state index in [4.69, 9.17) is 27.3 Å². The van der Waals surface area contributed by atoms with Gasteiger partial charge in [-0.1, -0.05) is 35.9 Å². The van der Waals surface area contributed by atoms with Crippen LogP contribution in [0.5, 0.6) is 5.75 Å². The summed E-state index contributed by atoms with van der Waals surface area (Å²) >= 11 is 5.83. The fourth-order valence-electron chi connectivity index (χ4n) is 1.77. The summed E-state index contributed by atoms with van der Waals surface area (Å²) in [6.45, 7) is 0.394. The van der Waals surface area contributed by atoms with Crippen LogP contribution in [0.15, 0.2) is 54.1 Å². The van der Waals surface area contributed by atoms with Gasteiger partial charge in [0.15, 0.2) is 0 Å². The summed E-state index contributed by atoms with van der Waals surface area (Å²) in [6.07, 6.45) is 1.43. The van der Waals surface area contributed by atoms with Gasteiger partial charge in [-0.05, 0) is 41.5 Å². The summed E-state index contributed by atoms with van der Waals surface area (Å²) < 4.78 is 5.68. The molecule has 0 heterocycles. The fraction of sp³-hybridized carbons (Fsp3) is 0.0588. The quantitative estimate of drug-likeness (QED) is 0.679. The van der Waals surface area contributed by atoms with Gasteiger partial charge in [0.25, 0.3) is 5.91 Å². The van der Waals surface area contributed by atoms with Gasteiger partial charge in [0, 0.05) is 5.02 Å². The molecule has 0 aromatic heterocycles. The average Bonchev–Trinajstić information content (AvgIpc) is 2.52. The lowest BCUT2D eigenvalue weighted by Gasteiger charge is -2.07. The van der Waals surface area contributed by atoms with Crippen molar-refractivity contribution < 1.29 is 9.53 Å². The Hall–Kier alpha value is -2.77. The summed E-state index contributed by atoms with van der Waals surface area (Å²) in [5, 5.41) is 9.51. The van der Waals surface area contributed by atoms with Crippen molar-refractivity contribution in [2.45, 2.75) is 6.61 Å². The molecular formula is C17H13ClN2O2. The predicted octanol–water partition coefficient (Wildman–Crippen LogP) is 3.31. The molecule has 1 amide bonds. The molecule has 0 spiro atoms. The molecule has 2 aromatic rings. The molecule has 0 aliphatic heterocycles. The van der Waals surface area contributed by atoms with E-state index in [1.54, 1.807) is 42.5 Å². The van der Waals surface area contributed by atoms with Crippen LogP contribution in [-0.4, -0.2) is 5.91 Å². The van der Waals surface area contributed by atoms with E-state index in [1.165, 1.54) is 6.08 Å². The molecule has 0 fully saturated rings. The molecule has 0 aliphatic rings. The average molecular weight is 313 g/mol. The SMILES string of the molecule is N#C/C(=C/c1cccc(OCc2ccc(Cl)cc2)c1)C(N)=O. The standard InChI is InChI=1S/C17H13ClN2O2/c18-15-6-4-12(5-7-15)11-22-16-3-1-2-13(9-16)8-14(10-19)17(20)21/h1-9H,11H2,(H2,20,21)/b14-8-. The van der Waals surface area contributed by atoms with Crippen LogP contribution in [0, 0.1) is 11.3 Å². The zero-order chi connectivity index (χ0) is 15.9. The molecule has 2 rings (SSSR count). The molecule has 0 bridgehead atoms. The van der Waals surface area contributed by atoms with Gasteiger partial charge in [-0.2, -0.15) is 5.26 Å². The number of nitrogens with two attached hydrogens (primary N) is 1. The number of nitriles is 1. The molecule has 0 saturated heterocycles. The lowest BCUT2D eigenvalue weighted by Crippen LogP contribution is -2.12. The van der Waals surface area contributed by atoms with Crippen molar-refractivity contribution in [3.8, 4) is 11.8 Å². The second-order valence-corrected chi connectivity index (χ2v) is 4.96. The number of primary amides is 1. The fourth-order valence-corrected chi connectivity index (χ4v) is 1.89. The Morgan fingerprint density at radius 1 is 1.27 bits per heavy atom. The lowest BCUT2D eigenvalue weighted by molar-refractivity contribution is -0.114. The van der Waals surface area contributed by atoms with E-state index in [1.807, 2.05) is 12.1 Å². The molecular weight excluding hydrogens is 300 g/mol. The van der Waals surface area contributed by atoms with Gasteiger partial charge in [-0.15, -0.1) is 0 Å². The van der Waals surface area contributed by atoms with Crippen molar-refractivity contribution in [2.75, 3.05) is 0 Å². The highest BCUT2D eigenvalue weighted by Crippen LogP contribution is 2.18. The molecule has 0 unspecified atom stereocenters. The maximum atomic E-state index is 11.0. The molecule has 2 N–H and O–H groups in total. The van der Waals surface area contributed by atoms with Gasteiger partial charge < -0.3 is 10.5 Å². The second kappa shape index (κ2) is 7.30. The molecule has 5 heteroatoms. The first-order valence-electron chi connectivity index (χ1n) is 6.47. The Kier molecular flexibility index (Phi) is 5.18. The van der Waals surface area contributed by atoms with E-state index in [9.17, 15) is 4.79 Å². The summed E-state index contributed by atoms with van der Waals surface area (Å²) in [7, 11) is 0. The molecule has 4 nitrogen and oxygen atoms in total. The molecule has 0 saturated carbocycles. The van der Waals surface area contributed by atoms with Crippen LogP contribution in [0.25, 0.3) is 6.08 Å². The van der Waals surface area contributed by atoms with Crippen LogP contribution in [0.3, 0.4) is 0 Å². The molecule has 0 radical (unpaired) electrons. The summed E-state index contributed by atoms with van der Waals surface area (Å²) in [5.41, 5.74) is 6.66. The monoisotopic (exact) mass is 312 g/mol. The highest BCUT2D eigenvalue weighted by atomic mass is 35.5. The number of ether oxygens (including phenoxy) is 1. The number of hydrogen-bond donors (Lipinski definition) is 1. The number of carbonyl (C=O) groups excluding carboxylic acids is 1. The first kappa shape index (κ1) is 15.6. The third-order valence-corrected chi connectivity index (χ3v) is 3.13. The van der Waals surface area contributed by atoms with Crippen molar-refractivity contribution in [3.63, 3.8) is 0 Å². The van der Waals surface area contributed by atoms with Gasteiger partial charge in [-0.3, -0.25) is 4.79 Å². The maximum absolute atomic E-state index is 11.0. The third kappa shape index (κ3) is 4.37. The van der Waals surface area contributed by atoms with E-state index >= 15 is 0 Å². The van der Waals surface area contributed by atoms with Crippen molar-refractivity contribution in [3.05, 3.63) is 70.3 Å². The molecule has 0 atom stereocenters. The second-order valence-electron chi connectivity index (χ2n) is 4.52. The zero-order valence-electron chi connectivity index (χ0n) is 11.6. The van der Waals surface area contributed by atoms with Crippen LogP contribution in [-0.2, 0) is 11.4 Å². The number of rotatable bonds is 5. The Labute approximate surface area is 133 Å². The highest BCUT2D eigenvalue weighted by Gasteiger charge is 2.04. The maximum Gasteiger partial charge on any atom is 0.259 e. The van der Waals surface area contributed by atoms with Crippen molar-refractivity contribution in [1.29, 1.82) is 5.26 Å². The van der Waals surface area contributed by atoms with Crippen LogP contribution in [0.1, 0.15) is 11.1 Å². The van der Waals surface area contributed by atoms with Gasteiger partial charge in [-0.25, -0.2) is 0 Å². The minimum atomic E-state index is -0.755. The molecule has 22 heavy (non-hydrogen) atoms. The summed E-state index contributed by atoms with van der Waals surface area (Å²) in [5.74, 6) is -0.125. The van der Waals surface area contributed by atoms with Gasteiger partial charge in [0.05, 0.1) is 0 Å². The number of nitrogens with zero attached hydrogens (tertiary/aromatic N) is 1. The van der Waals surface area contributed by atoms with Crippen LogP contribution in [0.2, 0.25) is 5.02 Å². The van der Waals surface area contributed by atoms with Gasteiger partial charge in [0.1, 0.15) is 24.0 Å². The minimum absolute atomic E-state index is 0.102. The number of hydrogen-bond acceptors (Lipinski definition) is 3. The Balaban J connectivity index is 2.10. The number of halogens is 1. The van der Waals surface area contributed by atoms with Crippen LogP contribution in [0.4, 0.5) is 0 Å². The Morgan fingerprint density at radius 2 is 2.00 bits per heavy atom. The zero-order valence-corrected chi connectivity index (χ0v) is 12.4. The lowest BCUT2D eigenvalue weighted by atomic mass is 10.1. The van der Waals surface area contributed by atoms with Crippen molar-refractivity contribution >= 4 is 23.6 Å². The van der Waals surface area contributed by atoms with E-state index < -0.39 is 5.91 Å².